The van der Waals surface area contributed by atoms with Crippen molar-refractivity contribution in [1.29, 1.82) is 0 Å². The summed E-state index contributed by atoms with van der Waals surface area (Å²) in [4.78, 5) is 12.1. The topological polar surface area (TPSA) is 47.6 Å². The van der Waals surface area contributed by atoms with Crippen LogP contribution >= 0.6 is 0 Å². The van der Waals surface area contributed by atoms with Gasteiger partial charge in [-0.1, -0.05) is 19.8 Å². The van der Waals surface area contributed by atoms with Crippen LogP contribution in [-0.2, 0) is 11.3 Å². The molecular weight excluding hydrogens is 266 g/mol. The second-order valence-electron chi connectivity index (χ2n) is 4.86. The predicted octanol–water partition coefficient (Wildman–Crippen LogP) is 3.54. The second kappa shape index (κ2) is 10.2. The molecule has 1 N–H and O–H groups in total. The fourth-order valence-corrected chi connectivity index (χ4v) is 2.02. The summed E-state index contributed by atoms with van der Waals surface area (Å²) in [6.45, 7) is 8.46. The average molecular weight is 293 g/mol. The minimum Gasteiger partial charge on any atom is -0.494 e. The zero-order valence-electron chi connectivity index (χ0n) is 13.4. The number of ether oxygens (including phenoxy) is 2. The van der Waals surface area contributed by atoms with Crippen LogP contribution in [0.15, 0.2) is 18.2 Å². The van der Waals surface area contributed by atoms with E-state index in [1.807, 2.05) is 26.0 Å². The molecule has 0 aliphatic rings. The number of benzene rings is 1. The summed E-state index contributed by atoms with van der Waals surface area (Å²) in [5.74, 6) is 0.750. The number of rotatable bonds is 10. The quantitative estimate of drug-likeness (QED) is 0.671. The molecule has 0 heterocycles. The Hall–Kier alpha value is -1.55. The average Bonchev–Trinajstić information content (AvgIpc) is 2.50. The molecule has 0 aliphatic heterocycles. The summed E-state index contributed by atoms with van der Waals surface area (Å²) in [6.07, 6.45) is 3.31. The third-order valence-corrected chi connectivity index (χ3v) is 3.15. The molecule has 4 nitrogen and oxygen atoms in total. The minimum absolute atomic E-state index is 0.0353. The zero-order chi connectivity index (χ0) is 15.5. The van der Waals surface area contributed by atoms with Crippen molar-refractivity contribution in [1.82, 2.24) is 5.32 Å². The first-order valence-electron chi connectivity index (χ1n) is 7.84. The van der Waals surface area contributed by atoms with E-state index in [4.69, 9.17) is 9.47 Å². The van der Waals surface area contributed by atoms with E-state index in [0.29, 0.717) is 25.4 Å². The zero-order valence-corrected chi connectivity index (χ0v) is 13.4. The van der Waals surface area contributed by atoms with Crippen molar-refractivity contribution in [3.05, 3.63) is 29.3 Å². The summed E-state index contributed by atoms with van der Waals surface area (Å²) in [5, 5.41) is 2.95. The van der Waals surface area contributed by atoms with Gasteiger partial charge in [-0.05, 0) is 38.5 Å². The summed E-state index contributed by atoms with van der Waals surface area (Å²) < 4.78 is 11.0. The number of unbranched alkanes of at least 4 members (excludes halogenated alkanes) is 2. The summed E-state index contributed by atoms with van der Waals surface area (Å²) in [7, 11) is 0. The maximum absolute atomic E-state index is 12.1. The van der Waals surface area contributed by atoms with Gasteiger partial charge in [0, 0.05) is 24.3 Å². The van der Waals surface area contributed by atoms with Crippen LogP contribution in [0.2, 0.25) is 0 Å². The fourth-order valence-electron chi connectivity index (χ4n) is 2.02. The second-order valence-corrected chi connectivity index (χ2v) is 4.86. The first-order chi connectivity index (χ1) is 10.2. The van der Waals surface area contributed by atoms with Gasteiger partial charge in [0.05, 0.1) is 13.2 Å². The van der Waals surface area contributed by atoms with Crippen molar-refractivity contribution < 1.29 is 14.3 Å². The Labute approximate surface area is 127 Å². The summed E-state index contributed by atoms with van der Waals surface area (Å²) in [6, 6.07) is 5.50. The van der Waals surface area contributed by atoms with E-state index in [9.17, 15) is 4.79 Å². The highest BCUT2D eigenvalue weighted by Gasteiger charge is 2.10. The molecular formula is C17H27NO3. The molecule has 0 spiro atoms. The van der Waals surface area contributed by atoms with Crippen LogP contribution in [0.25, 0.3) is 0 Å². The first-order valence-corrected chi connectivity index (χ1v) is 7.84. The molecule has 0 saturated heterocycles. The molecule has 0 fully saturated rings. The highest BCUT2D eigenvalue weighted by Crippen LogP contribution is 2.21. The van der Waals surface area contributed by atoms with Crippen LogP contribution in [0.3, 0.4) is 0 Å². The van der Waals surface area contributed by atoms with Crippen molar-refractivity contribution in [2.24, 2.45) is 0 Å². The predicted molar refractivity (Wildman–Crippen MR) is 84.8 cm³/mol. The Balaban J connectivity index is 2.71. The van der Waals surface area contributed by atoms with E-state index in [1.165, 1.54) is 0 Å². The van der Waals surface area contributed by atoms with Crippen molar-refractivity contribution in [3.8, 4) is 5.75 Å². The molecule has 1 aromatic carbocycles. The number of nitrogens with one attached hydrogen (secondary N) is 1. The maximum atomic E-state index is 12.1. The van der Waals surface area contributed by atoms with Gasteiger partial charge in [0.25, 0.3) is 5.91 Å². The SMILES string of the molecule is CCCCCNC(=O)c1ccc(OCC)c(COCC)c1. The largest absolute Gasteiger partial charge is 0.494 e. The molecule has 21 heavy (non-hydrogen) atoms. The number of carbonyl (C=O) groups is 1. The fraction of sp³-hybridized carbons (Fsp3) is 0.588. The van der Waals surface area contributed by atoms with Gasteiger partial charge in [0.15, 0.2) is 0 Å². The molecule has 118 valence electrons. The van der Waals surface area contributed by atoms with E-state index in [-0.39, 0.29) is 5.91 Å². The van der Waals surface area contributed by atoms with Gasteiger partial charge >= 0.3 is 0 Å². The van der Waals surface area contributed by atoms with Crippen LogP contribution in [0.1, 0.15) is 56.0 Å². The molecule has 1 aromatic rings. The number of hydrogen-bond donors (Lipinski definition) is 1. The Morgan fingerprint density at radius 1 is 1.14 bits per heavy atom. The van der Waals surface area contributed by atoms with Crippen LogP contribution in [0.5, 0.6) is 5.75 Å². The van der Waals surface area contributed by atoms with Crippen molar-refractivity contribution >= 4 is 5.91 Å². The third kappa shape index (κ3) is 6.17. The molecule has 1 amide bonds. The lowest BCUT2D eigenvalue weighted by Crippen LogP contribution is -2.24. The standard InChI is InChI=1S/C17H27NO3/c1-4-7-8-11-18-17(19)14-9-10-16(21-6-3)15(12-14)13-20-5-2/h9-10,12H,4-8,11,13H2,1-3H3,(H,18,19). The van der Waals surface area contributed by atoms with Gasteiger partial charge < -0.3 is 14.8 Å². The van der Waals surface area contributed by atoms with Gasteiger partial charge in [0.2, 0.25) is 0 Å². The monoisotopic (exact) mass is 293 g/mol. The summed E-state index contributed by atoms with van der Waals surface area (Å²) >= 11 is 0. The Kier molecular flexibility index (Phi) is 8.51. The molecule has 0 radical (unpaired) electrons. The van der Waals surface area contributed by atoms with Crippen molar-refractivity contribution in [2.45, 2.75) is 46.6 Å². The van der Waals surface area contributed by atoms with Gasteiger partial charge in [-0.15, -0.1) is 0 Å². The molecule has 0 saturated carbocycles. The molecule has 0 bridgehead atoms. The Bertz CT molecular complexity index is 432. The third-order valence-electron chi connectivity index (χ3n) is 3.15. The molecule has 0 unspecified atom stereocenters. The lowest BCUT2D eigenvalue weighted by Gasteiger charge is -2.12. The summed E-state index contributed by atoms with van der Waals surface area (Å²) in [5.41, 5.74) is 1.57. The van der Waals surface area contributed by atoms with Gasteiger partial charge in [0.1, 0.15) is 5.75 Å². The maximum Gasteiger partial charge on any atom is 0.251 e. The van der Waals surface area contributed by atoms with Crippen molar-refractivity contribution in [2.75, 3.05) is 19.8 Å². The van der Waals surface area contributed by atoms with E-state index in [1.54, 1.807) is 6.07 Å². The van der Waals surface area contributed by atoms with Crippen LogP contribution < -0.4 is 10.1 Å². The molecule has 0 atom stereocenters. The van der Waals surface area contributed by atoms with Crippen LogP contribution in [0.4, 0.5) is 0 Å². The minimum atomic E-state index is -0.0353. The number of amides is 1. The Morgan fingerprint density at radius 2 is 1.95 bits per heavy atom. The Morgan fingerprint density at radius 3 is 2.62 bits per heavy atom. The smallest absolute Gasteiger partial charge is 0.251 e. The molecule has 0 aromatic heterocycles. The molecule has 0 aliphatic carbocycles. The van der Waals surface area contributed by atoms with Crippen LogP contribution in [0, 0.1) is 0 Å². The van der Waals surface area contributed by atoms with E-state index in [0.717, 1.165) is 37.1 Å². The number of hydrogen-bond acceptors (Lipinski definition) is 3. The van der Waals surface area contributed by atoms with E-state index in [2.05, 4.69) is 12.2 Å². The highest BCUT2D eigenvalue weighted by molar-refractivity contribution is 5.94. The highest BCUT2D eigenvalue weighted by atomic mass is 16.5. The molecule has 4 heteroatoms. The van der Waals surface area contributed by atoms with Gasteiger partial charge in [-0.25, -0.2) is 0 Å². The lowest BCUT2D eigenvalue weighted by atomic mass is 10.1. The number of carbonyl (C=O) groups excluding carboxylic acids is 1. The molecule has 1 rings (SSSR count). The van der Waals surface area contributed by atoms with Crippen LogP contribution in [-0.4, -0.2) is 25.7 Å². The van der Waals surface area contributed by atoms with Gasteiger partial charge in [-0.3, -0.25) is 4.79 Å². The lowest BCUT2D eigenvalue weighted by molar-refractivity contribution is 0.0952. The first kappa shape index (κ1) is 17.5. The van der Waals surface area contributed by atoms with Gasteiger partial charge in [-0.2, -0.15) is 0 Å². The van der Waals surface area contributed by atoms with E-state index < -0.39 is 0 Å². The van der Waals surface area contributed by atoms with Crippen molar-refractivity contribution in [3.63, 3.8) is 0 Å². The normalized spacial score (nSPS) is 10.4. The van der Waals surface area contributed by atoms with E-state index >= 15 is 0 Å².